The van der Waals surface area contributed by atoms with Crippen LogP contribution in [0.4, 0.5) is 4.79 Å². The summed E-state index contributed by atoms with van der Waals surface area (Å²) in [6, 6.07) is 19.9. The summed E-state index contributed by atoms with van der Waals surface area (Å²) in [5.74, 6) is 0. The fourth-order valence-electron chi connectivity index (χ4n) is 2.89. The summed E-state index contributed by atoms with van der Waals surface area (Å²) in [5, 5.41) is 0. The third-order valence-electron chi connectivity index (χ3n) is 4.37. The van der Waals surface area contributed by atoms with E-state index < -0.39 is 5.60 Å². The Hall–Kier alpha value is -2.59. The average molecular weight is 382 g/mol. The van der Waals surface area contributed by atoms with Gasteiger partial charge in [0.1, 0.15) is 11.7 Å². The Bertz CT molecular complexity index is 750. The molecule has 2 unspecified atom stereocenters. The van der Waals surface area contributed by atoms with Gasteiger partial charge in [-0.05, 0) is 38.8 Å². The third kappa shape index (κ3) is 6.54. The van der Waals surface area contributed by atoms with Gasteiger partial charge < -0.3 is 9.47 Å². The van der Waals surface area contributed by atoms with Gasteiger partial charge in [-0.25, -0.2) is 4.79 Å². The van der Waals surface area contributed by atoms with E-state index in [1.165, 1.54) is 0 Å². The zero-order chi connectivity index (χ0) is 20.6. The Morgan fingerprint density at radius 1 is 1.00 bits per heavy atom. The SMILES string of the molecule is COC(/C=C\CN(C(=O)OC(C)(C)C)C(C)c1ccccc1)c1ccccc1. The lowest BCUT2D eigenvalue weighted by Gasteiger charge is -2.31. The summed E-state index contributed by atoms with van der Waals surface area (Å²) in [4.78, 5) is 14.6. The molecular formula is C24H31NO3. The molecule has 2 aromatic rings. The number of carbonyl (C=O) groups is 1. The van der Waals surface area contributed by atoms with Crippen LogP contribution in [0.25, 0.3) is 0 Å². The molecule has 0 radical (unpaired) electrons. The van der Waals surface area contributed by atoms with E-state index in [2.05, 4.69) is 0 Å². The van der Waals surface area contributed by atoms with Crippen LogP contribution in [-0.2, 0) is 9.47 Å². The van der Waals surface area contributed by atoms with Gasteiger partial charge in [-0.3, -0.25) is 4.90 Å². The molecule has 4 nitrogen and oxygen atoms in total. The summed E-state index contributed by atoms with van der Waals surface area (Å²) in [6.45, 7) is 8.07. The van der Waals surface area contributed by atoms with Gasteiger partial charge in [0, 0.05) is 13.7 Å². The minimum absolute atomic E-state index is 0.113. The molecular weight excluding hydrogens is 350 g/mol. The van der Waals surface area contributed by atoms with Crippen LogP contribution in [0.3, 0.4) is 0 Å². The van der Waals surface area contributed by atoms with E-state index in [0.717, 1.165) is 11.1 Å². The lowest BCUT2D eigenvalue weighted by atomic mass is 10.1. The minimum atomic E-state index is -0.547. The molecule has 0 spiro atoms. The molecule has 0 saturated carbocycles. The van der Waals surface area contributed by atoms with Crippen molar-refractivity contribution in [3.8, 4) is 0 Å². The smallest absolute Gasteiger partial charge is 0.411 e. The number of methoxy groups -OCH3 is 1. The van der Waals surface area contributed by atoms with E-state index in [0.29, 0.717) is 6.54 Å². The monoisotopic (exact) mass is 381 g/mol. The van der Waals surface area contributed by atoms with Crippen molar-refractivity contribution in [2.24, 2.45) is 0 Å². The highest BCUT2D eigenvalue weighted by Gasteiger charge is 2.26. The number of carbonyl (C=O) groups excluding carboxylic acids is 1. The molecule has 0 aliphatic carbocycles. The summed E-state index contributed by atoms with van der Waals surface area (Å²) in [6.07, 6.45) is 3.45. The van der Waals surface area contributed by atoms with Gasteiger partial charge in [0.25, 0.3) is 0 Å². The first-order valence-corrected chi connectivity index (χ1v) is 9.61. The molecule has 0 aliphatic rings. The molecule has 0 bridgehead atoms. The number of ether oxygens (including phenoxy) is 2. The molecule has 0 fully saturated rings. The Morgan fingerprint density at radius 2 is 1.54 bits per heavy atom. The summed E-state index contributed by atoms with van der Waals surface area (Å²) >= 11 is 0. The number of amides is 1. The number of hydrogen-bond acceptors (Lipinski definition) is 3. The lowest BCUT2D eigenvalue weighted by Crippen LogP contribution is -2.38. The van der Waals surface area contributed by atoms with Gasteiger partial charge in [0.15, 0.2) is 0 Å². The first kappa shape index (κ1) is 21.7. The first-order valence-electron chi connectivity index (χ1n) is 9.61. The number of rotatable bonds is 7. The summed E-state index contributed by atoms with van der Waals surface area (Å²) in [7, 11) is 1.68. The van der Waals surface area contributed by atoms with E-state index in [1.807, 2.05) is 101 Å². The van der Waals surface area contributed by atoms with E-state index in [1.54, 1.807) is 12.0 Å². The maximum absolute atomic E-state index is 12.8. The van der Waals surface area contributed by atoms with Crippen molar-refractivity contribution in [3.63, 3.8) is 0 Å². The predicted octanol–water partition coefficient (Wildman–Crippen LogP) is 5.93. The molecule has 150 valence electrons. The first-order chi connectivity index (χ1) is 13.3. The van der Waals surface area contributed by atoms with Crippen molar-refractivity contribution < 1.29 is 14.3 Å². The van der Waals surface area contributed by atoms with Crippen LogP contribution >= 0.6 is 0 Å². The molecule has 2 aromatic carbocycles. The number of hydrogen-bond donors (Lipinski definition) is 0. The second kappa shape index (κ2) is 10.1. The van der Waals surface area contributed by atoms with E-state index in [-0.39, 0.29) is 18.2 Å². The zero-order valence-electron chi connectivity index (χ0n) is 17.5. The van der Waals surface area contributed by atoms with Crippen LogP contribution in [0, 0.1) is 0 Å². The summed E-state index contributed by atoms with van der Waals surface area (Å²) in [5.41, 5.74) is 1.59. The topological polar surface area (TPSA) is 38.8 Å². The van der Waals surface area contributed by atoms with Crippen molar-refractivity contribution in [3.05, 3.63) is 83.9 Å². The maximum Gasteiger partial charge on any atom is 0.411 e. The fourth-order valence-corrected chi connectivity index (χ4v) is 2.89. The molecule has 0 aliphatic heterocycles. The molecule has 0 heterocycles. The van der Waals surface area contributed by atoms with Gasteiger partial charge in [0.05, 0.1) is 6.04 Å². The van der Waals surface area contributed by atoms with Crippen molar-refractivity contribution in [2.75, 3.05) is 13.7 Å². The number of nitrogens with zero attached hydrogens (tertiary/aromatic N) is 1. The van der Waals surface area contributed by atoms with E-state index in [4.69, 9.17) is 9.47 Å². The largest absolute Gasteiger partial charge is 0.444 e. The number of benzene rings is 2. The van der Waals surface area contributed by atoms with Crippen LogP contribution in [-0.4, -0.2) is 30.2 Å². The molecule has 2 atom stereocenters. The molecule has 4 heteroatoms. The van der Waals surface area contributed by atoms with Crippen molar-refractivity contribution in [1.29, 1.82) is 0 Å². The highest BCUT2D eigenvalue weighted by atomic mass is 16.6. The normalized spacial score (nSPS) is 13.9. The van der Waals surface area contributed by atoms with Gasteiger partial charge in [-0.1, -0.05) is 72.8 Å². The molecule has 2 rings (SSSR count). The van der Waals surface area contributed by atoms with Crippen molar-refractivity contribution in [1.82, 2.24) is 4.90 Å². The van der Waals surface area contributed by atoms with Crippen LogP contribution in [0.1, 0.15) is 51.0 Å². The Kier molecular flexibility index (Phi) is 7.82. The third-order valence-corrected chi connectivity index (χ3v) is 4.37. The van der Waals surface area contributed by atoms with E-state index >= 15 is 0 Å². The molecule has 28 heavy (non-hydrogen) atoms. The minimum Gasteiger partial charge on any atom is -0.444 e. The standard InChI is InChI=1S/C24H31NO3/c1-19(20-13-8-6-9-14-20)25(23(26)28-24(2,3)4)18-12-17-22(27-5)21-15-10-7-11-16-21/h6-17,19,22H,18H2,1-5H3/b17-12-. The van der Waals surface area contributed by atoms with Gasteiger partial charge in [-0.2, -0.15) is 0 Å². The van der Waals surface area contributed by atoms with Crippen LogP contribution in [0.15, 0.2) is 72.8 Å². The second-order valence-electron chi connectivity index (χ2n) is 7.71. The van der Waals surface area contributed by atoms with Crippen molar-refractivity contribution >= 4 is 6.09 Å². The van der Waals surface area contributed by atoms with Crippen LogP contribution in [0.5, 0.6) is 0 Å². The highest BCUT2D eigenvalue weighted by Crippen LogP contribution is 2.23. The van der Waals surface area contributed by atoms with Crippen molar-refractivity contribution in [2.45, 2.75) is 45.4 Å². The quantitative estimate of drug-likeness (QED) is 0.558. The van der Waals surface area contributed by atoms with Crippen LogP contribution in [0.2, 0.25) is 0 Å². The maximum atomic E-state index is 12.8. The fraction of sp³-hybridized carbons (Fsp3) is 0.375. The summed E-state index contributed by atoms with van der Waals surface area (Å²) < 4.78 is 11.2. The van der Waals surface area contributed by atoms with Crippen LogP contribution < -0.4 is 0 Å². The lowest BCUT2D eigenvalue weighted by molar-refractivity contribution is 0.0199. The zero-order valence-corrected chi connectivity index (χ0v) is 17.5. The van der Waals surface area contributed by atoms with E-state index in [9.17, 15) is 4.79 Å². The molecule has 0 aromatic heterocycles. The predicted molar refractivity (Wildman–Crippen MR) is 113 cm³/mol. The van der Waals surface area contributed by atoms with Gasteiger partial charge in [0.2, 0.25) is 0 Å². The molecule has 0 N–H and O–H groups in total. The Labute approximate surface area is 168 Å². The highest BCUT2D eigenvalue weighted by molar-refractivity contribution is 5.69. The molecule has 0 saturated heterocycles. The second-order valence-corrected chi connectivity index (χ2v) is 7.71. The van der Waals surface area contributed by atoms with Gasteiger partial charge in [-0.15, -0.1) is 0 Å². The van der Waals surface area contributed by atoms with Gasteiger partial charge >= 0.3 is 6.09 Å². The average Bonchev–Trinajstić information content (AvgIpc) is 2.67. The Balaban J connectivity index is 2.18. The molecule has 1 amide bonds. The Morgan fingerprint density at radius 3 is 2.04 bits per heavy atom.